The average molecular weight is 674 g/mol. The number of rotatable bonds is 8. The van der Waals surface area contributed by atoms with E-state index in [-0.39, 0.29) is 41.1 Å². The highest BCUT2D eigenvalue weighted by Crippen LogP contribution is 2.44. The van der Waals surface area contributed by atoms with Crippen molar-refractivity contribution in [3.8, 4) is 0 Å². The molecule has 2 fully saturated rings. The Hall–Kier alpha value is -4.65. The molecular formula is C27H26F7N9O4. The Bertz CT molecular complexity index is 1810. The average Bonchev–Trinajstić information content (AvgIpc) is 3.77. The van der Waals surface area contributed by atoms with E-state index >= 15 is 0 Å². The van der Waals surface area contributed by atoms with E-state index in [1.165, 1.54) is 29.9 Å². The third-order valence-corrected chi connectivity index (χ3v) is 8.50. The summed E-state index contributed by atoms with van der Waals surface area (Å²) in [6.07, 6.45) is -4.31. The van der Waals surface area contributed by atoms with E-state index in [2.05, 4.69) is 40.5 Å². The molecule has 252 valence electrons. The Morgan fingerprint density at radius 1 is 1.17 bits per heavy atom. The standard InChI is InChI=1S/C27H26F7N9O4/c1-12-18(42-47-41-12)20(44)38-19(14-3-5-26(30,31)6-4-14)15-11-43-17(36-15)7-13(10-35-43)8-25(9-16(27(32,33)34)37-21(25)45)23-40-39-22(46-23)24(2,28)29/h7,10-11,14,16,19H,3-6,8-9H2,1-2H3,(H,37,45)(H,38,44)/t16-,19-,25+/m0/s1. The second kappa shape index (κ2) is 11.3. The third-order valence-electron chi connectivity index (χ3n) is 8.50. The molecule has 5 heterocycles. The van der Waals surface area contributed by atoms with Gasteiger partial charge in [0.05, 0.1) is 24.1 Å². The summed E-state index contributed by atoms with van der Waals surface area (Å²) in [5, 5.41) is 22.8. The fourth-order valence-electron chi connectivity index (χ4n) is 6.00. The second-order valence-corrected chi connectivity index (χ2v) is 12.0. The van der Waals surface area contributed by atoms with Crippen LogP contribution in [0, 0.1) is 12.8 Å². The molecule has 3 atom stereocenters. The van der Waals surface area contributed by atoms with E-state index in [0.717, 1.165) is 0 Å². The van der Waals surface area contributed by atoms with Crippen LogP contribution in [0.2, 0.25) is 0 Å². The summed E-state index contributed by atoms with van der Waals surface area (Å²) < 4.78 is 108. The molecule has 1 saturated carbocycles. The minimum absolute atomic E-state index is 0.0571. The van der Waals surface area contributed by atoms with Crippen LogP contribution in [-0.2, 0) is 22.6 Å². The van der Waals surface area contributed by atoms with E-state index in [9.17, 15) is 40.3 Å². The molecule has 13 nitrogen and oxygen atoms in total. The van der Waals surface area contributed by atoms with Gasteiger partial charge in [-0.1, -0.05) is 5.16 Å². The second-order valence-electron chi connectivity index (χ2n) is 12.0. The lowest BCUT2D eigenvalue weighted by atomic mass is 9.79. The first kappa shape index (κ1) is 32.3. The van der Waals surface area contributed by atoms with E-state index in [4.69, 9.17) is 4.42 Å². The van der Waals surface area contributed by atoms with Crippen LogP contribution < -0.4 is 10.6 Å². The van der Waals surface area contributed by atoms with Crippen LogP contribution in [-0.4, -0.2) is 65.1 Å². The summed E-state index contributed by atoms with van der Waals surface area (Å²) in [5.74, 6) is -10.7. The van der Waals surface area contributed by atoms with Gasteiger partial charge in [0.25, 0.3) is 11.8 Å². The van der Waals surface area contributed by atoms with E-state index in [1.807, 2.05) is 5.32 Å². The van der Waals surface area contributed by atoms with Crippen LogP contribution in [0.1, 0.15) is 84.3 Å². The summed E-state index contributed by atoms with van der Waals surface area (Å²) in [7, 11) is 0. The van der Waals surface area contributed by atoms with Crippen LogP contribution in [0.5, 0.6) is 0 Å². The molecule has 1 saturated heterocycles. The maximum atomic E-state index is 14.0. The maximum absolute atomic E-state index is 14.0. The highest BCUT2D eigenvalue weighted by molar-refractivity contribution is 5.93. The smallest absolute Gasteiger partial charge is 0.408 e. The van der Waals surface area contributed by atoms with E-state index in [0.29, 0.717) is 6.92 Å². The Kier molecular flexibility index (Phi) is 7.73. The number of fused-ring (bicyclic) bond motifs is 1. The number of imidazole rings is 1. The summed E-state index contributed by atoms with van der Waals surface area (Å²) in [4.78, 5) is 30.7. The molecule has 20 heteroatoms. The first-order valence-electron chi connectivity index (χ1n) is 14.4. The fourth-order valence-corrected chi connectivity index (χ4v) is 6.00. The topological polar surface area (TPSA) is 166 Å². The summed E-state index contributed by atoms with van der Waals surface area (Å²) >= 11 is 0. The zero-order valence-corrected chi connectivity index (χ0v) is 24.6. The molecule has 0 unspecified atom stereocenters. The van der Waals surface area contributed by atoms with Gasteiger partial charge in [0, 0.05) is 19.8 Å². The van der Waals surface area contributed by atoms with Gasteiger partial charge >= 0.3 is 12.1 Å². The minimum Gasteiger partial charge on any atom is -0.418 e. The number of nitrogens with zero attached hydrogens (tertiary/aromatic N) is 7. The van der Waals surface area contributed by atoms with Crippen molar-refractivity contribution < 1.29 is 49.4 Å². The van der Waals surface area contributed by atoms with Crippen molar-refractivity contribution in [2.45, 2.75) is 87.9 Å². The molecule has 4 aromatic rings. The molecule has 1 aliphatic heterocycles. The van der Waals surface area contributed by atoms with Crippen molar-refractivity contribution in [1.29, 1.82) is 0 Å². The van der Waals surface area contributed by atoms with Crippen molar-refractivity contribution in [3.63, 3.8) is 0 Å². The molecule has 4 aromatic heterocycles. The Morgan fingerprint density at radius 2 is 1.89 bits per heavy atom. The molecule has 2 N–H and O–H groups in total. The van der Waals surface area contributed by atoms with Crippen LogP contribution >= 0.6 is 0 Å². The number of carbonyl (C=O) groups excluding carboxylic acids is 2. The molecule has 0 radical (unpaired) electrons. The highest BCUT2D eigenvalue weighted by Gasteiger charge is 2.59. The van der Waals surface area contributed by atoms with Crippen molar-refractivity contribution in [2.75, 3.05) is 0 Å². The quantitative estimate of drug-likeness (QED) is 0.260. The van der Waals surface area contributed by atoms with Gasteiger partial charge in [-0.15, -0.1) is 10.2 Å². The SMILES string of the molecule is Cc1nonc1C(=O)N[C@H](c1cn2ncc(C[C@@]3(c4nnc(C(C)(F)F)o4)C[C@@H](C(F)(F)F)NC3=O)cc2n1)C1CCC(F)(F)CC1. The van der Waals surface area contributed by atoms with Gasteiger partial charge in [-0.3, -0.25) is 9.59 Å². The number of aryl methyl sites for hydroxylation is 1. The molecule has 2 amide bonds. The third kappa shape index (κ3) is 6.23. The largest absolute Gasteiger partial charge is 0.418 e. The summed E-state index contributed by atoms with van der Waals surface area (Å²) in [6.45, 7) is 1.95. The highest BCUT2D eigenvalue weighted by atomic mass is 19.4. The number of aromatic nitrogens is 7. The molecular weight excluding hydrogens is 647 g/mol. The zero-order valence-electron chi connectivity index (χ0n) is 24.6. The molecule has 2 aliphatic rings. The number of hydrogen-bond acceptors (Lipinski definition) is 10. The summed E-state index contributed by atoms with van der Waals surface area (Å²) in [6, 6.07) is -1.80. The first-order valence-corrected chi connectivity index (χ1v) is 14.4. The molecule has 6 rings (SSSR count). The van der Waals surface area contributed by atoms with E-state index in [1.54, 1.807) is 0 Å². The van der Waals surface area contributed by atoms with Gasteiger partial charge in [0.15, 0.2) is 11.3 Å². The lowest BCUT2D eigenvalue weighted by Crippen LogP contribution is -2.40. The van der Waals surface area contributed by atoms with Gasteiger partial charge in [-0.25, -0.2) is 22.9 Å². The van der Waals surface area contributed by atoms with Crippen LogP contribution in [0.15, 0.2) is 27.5 Å². The van der Waals surface area contributed by atoms with Crippen LogP contribution in [0.4, 0.5) is 30.7 Å². The van der Waals surface area contributed by atoms with Crippen LogP contribution in [0.3, 0.4) is 0 Å². The van der Waals surface area contributed by atoms with Crippen molar-refractivity contribution in [3.05, 3.63) is 52.9 Å². The number of amides is 2. The predicted molar refractivity (Wildman–Crippen MR) is 141 cm³/mol. The molecule has 0 spiro atoms. The number of halogens is 7. The van der Waals surface area contributed by atoms with Gasteiger partial charge < -0.3 is 15.1 Å². The predicted octanol–water partition coefficient (Wildman–Crippen LogP) is 4.14. The number of carbonyl (C=O) groups is 2. The lowest BCUT2D eigenvalue weighted by molar-refractivity contribution is -0.155. The first-order chi connectivity index (χ1) is 21.9. The number of alkyl halides is 7. The van der Waals surface area contributed by atoms with Gasteiger partial charge in [-0.05, 0) is 55.3 Å². The van der Waals surface area contributed by atoms with Crippen molar-refractivity contribution in [1.82, 2.24) is 45.7 Å². The van der Waals surface area contributed by atoms with E-state index < -0.39 is 90.7 Å². The van der Waals surface area contributed by atoms with Crippen LogP contribution in [0.25, 0.3) is 5.65 Å². The molecule has 47 heavy (non-hydrogen) atoms. The van der Waals surface area contributed by atoms with Gasteiger partial charge in [0.2, 0.25) is 17.7 Å². The Labute approximate surface area is 259 Å². The molecule has 0 bridgehead atoms. The molecule has 0 aromatic carbocycles. The maximum Gasteiger partial charge on any atom is 0.408 e. The lowest BCUT2D eigenvalue weighted by Gasteiger charge is -2.33. The van der Waals surface area contributed by atoms with Gasteiger partial charge in [-0.2, -0.15) is 27.1 Å². The zero-order chi connectivity index (χ0) is 33.9. The molecule has 1 aliphatic carbocycles. The minimum atomic E-state index is -4.86. The number of hydrogen-bond donors (Lipinski definition) is 2. The Morgan fingerprint density at radius 3 is 2.49 bits per heavy atom. The fraction of sp³-hybridized carbons (Fsp3) is 0.556. The summed E-state index contributed by atoms with van der Waals surface area (Å²) in [5.41, 5.74) is -1.56. The normalized spacial score (nSPS) is 22.8. The Balaban J connectivity index is 1.34. The van der Waals surface area contributed by atoms with Crippen molar-refractivity contribution >= 4 is 17.5 Å². The van der Waals surface area contributed by atoms with Gasteiger partial charge in [0.1, 0.15) is 17.2 Å². The number of nitrogens with one attached hydrogen (secondary N) is 2. The monoisotopic (exact) mass is 673 g/mol. The van der Waals surface area contributed by atoms with Crippen molar-refractivity contribution in [2.24, 2.45) is 5.92 Å².